The van der Waals surface area contributed by atoms with Gasteiger partial charge >= 0.3 is 6.55 Å². The highest BCUT2D eigenvalue weighted by Crippen LogP contribution is 2.23. The van der Waals surface area contributed by atoms with Crippen LogP contribution in [0.25, 0.3) is 10.9 Å². The van der Waals surface area contributed by atoms with Gasteiger partial charge < -0.3 is 5.32 Å². The van der Waals surface area contributed by atoms with E-state index in [-0.39, 0.29) is 5.54 Å². The van der Waals surface area contributed by atoms with Gasteiger partial charge in [0, 0.05) is 18.3 Å². The Morgan fingerprint density at radius 1 is 1.22 bits per heavy atom. The summed E-state index contributed by atoms with van der Waals surface area (Å²) in [6.07, 6.45) is 1.43. The highest BCUT2D eigenvalue weighted by molar-refractivity contribution is 5.80. The van der Waals surface area contributed by atoms with Crippen LogP contribution in [0.5, 0.6) is 0 Å². The smallest absolute Gasteiger partial charge is 0.308 e. The lowest BCUT2D eigenvalue weighted by molar-refractivity contribution is 0.0752. The first-order chi connectivity index (χ1) is 8.37. The van der Waals surface area contributed by atoms with Gasteiger partial charge in [-0.3, -0.25) is 4.57 Å². The van der Waals surface area contributed by atoms with Gasteiger partial charge in [-0.2, -0.15) is 8.78 Å². The molecule has 98 valence electrons. The van der Waals surface area contributed by atoms with Gasteiger partial charge in [0.2, 0.25) is 0 Å². The van der Waals surface area contributed by atoms with Gasteiger partial charge in [0.15, 0.2) is 0 Å². The summed E-state index contributed by atoms with van der Waals surface area (Å²) >= 11 is 0. The number of rotatable bonds is 3. The molecular formula is C14H18F2N2. The van der Waals surface area contributed by atoms with E-state index in [0.717, 1.165) is 15.5 Å². The van der Waals surface area contributed by atoms with Crippen molar-refractivity contribution < 1.29 is 8.78 Å². The fraction of sp³-hybridized carbons (Fsp3) is 0.429. The van der Waals surface area contributed by atoms with Crippen LogP contribution >= 0.6 is 0 Å². The largest absolute Gasteiger partial charge is 0.319 e. The highest BCUT2D eigenvalue weighted by Gasteiger charge is 2.11. The van der Waals surface area contributed by atoms with Crippen LogP contribution in [0.15, 0.2) is 30.5 Å². The SMILES string of the molecule is CC(C)(C)NCc1ccc2ccn(C(F)F)c2c1. The van der Waals surface area contributed by atoms with Crippen LogP contribution in [0.2, 0.25) is 0 Å². The van der Waals surface area contributed by atoms with E-state index in [1.165, 1.54) is 6.20 Å². The number of benzene rings is 1. The van der Waals surface area contributed by atoms with Crippen molar-refractivity contribution in [1.29, 1.82) is 0 Å². The molecule has 0 radical (unpaired) electrons. The molecule has 0 aliphatic carbocycles. The predicted molar refractivity (Wildman–Crippen MR) is 69.8 cm³/mol. The Labute approximate surface area is 106 Å². The fourth-order valence-corrected chi connectivity index (χ4v) is 1.84. The lowest BCUT2D eigenvalue weighted by atomic mass is 10.1. The van der Waals surface area contributed by atoms with Crippen molar-refractivity contribution in [2.24, 2.45) is 0 Å². The number of hydrogen-bond acceptors (Lipinski definition) is 1. The Kier molecular flexibility index (Phi) is 3.39. The van der Waals surface area contributed by atoms with Crippen molar-refractivity contribution in [1.82, 2.24) is 9.88 Å². The average molecular weight is 252 g/mol. The van der Waals surface area contributed by atoms with E-state index in [1.807, 2.05) is 18.2 Å². The molecule has 0 aliphatic heterocycles. The molecule has 1 aromatic heterocycles. The van der Waals surface area contributed by atoms with E-state index >= 15 is 0 Å². The third kappa shape index (κ3) is 2.88. The normalized spacial score (nSPS) is 12.6. The van der Waals surface area contributed by atoms with Crippen molar-refractivity contribution >= 4 is 10.9 Å². The number of hydrogen-bond donors (Lipinski definition) is 1. The van der Waals surface area contributed by atoms with Crippen molar-refractivity contribution in [2.75, 3.05) is 0 Å². The Balaban J connectivity index is 2.28. The third-order valence-corrected chi connectivity index (χ3v) is 2.82. The predicted octanol–water partition coefficient (Wildman–Crippen LogP) is 3.92. The van der Waals surface area contributed by atoms with Gasteiger partial charge in [0.1, 0.15) is 0 Å². The Hall–Kier alpha value is -1.42. The summed E-state index contributed by atoms with van der Waals surface area (Å²) in [7, 11) is 0. The second-order valence-corrected chi connectivity index (χ2v) is 5.50. The minimum atomic E-state index is -2.49. The maximum Gasteiger partial charge on any atom is 0.319 e. The van der Waals surface area contributed by atoms with E-state index in [0.29, 0.717) is 12.1 Å². The maximum absolute atomic E-state index is 12.8. The minimum Gasteiger partial charge on any atom is -0.308 e. The summed E-state index contributed by atoms with van der Waals surface area (Å²) in [4.78, 5) is 0. The molecule has 0 aliphatic rings. The van der Waals surface area contributed by atoms with Gasteiger partial charge in [-0.25, -0.2) is 0 Å². The van der Waals surface area contributed by atoms with E-state index < -0.39 is 6.55 Å². The zero-order valence-corrected chi connectivity index (χ0v) is 10.9. The van der Waals surface area contributed by atoms with Crippen LogP contribution in [0, 0.1) is 0 Å². The molecule has 1 aromatic carbocycles. The number of alkyl halides is 2. The van der Waals surface area contributed by atoms with Crippen LogP contribution in [-0.2, 0) is 6.54 Å². The molecule has 0 saturated carbocycles. The second kappa shape index (κ2) is 4.69. The molecule has 0 fully saturated rings. The van der Waals surface area contributed by atoms with E-state index in [1.54, 1.807) is 6.07 Å². The first-order valence-electron chi connectivity index (χ1n) is 5.99. The van der Waals surface area contributed by atoms with E-state index in [4.69, 9.17) is 0 Å². The van der Waals surface area contributed by atoms with E-state index in [2.05, 4.69) is 26.1 Å². The quantitative estimate of drug-likeness (QED) is 0.876. The molecule has 18 heavy (non-hydrogen) atoms. The topological polar surface area (TPSA) is 17.0 Å². The van der Waals surface area contributed by atoms with Gasteiger partial charge in [-0.1, -0.05) is 12.1 Å². The molecule has 1 heterocycles. The molecule has 0 spiro atoms. The molecule has 2 aromatic rings. The summed E-state index contributed by atoms with van der Waals surface area (Å²) in [5, 5.41) is 4.19. The molecule has 2 nitrogen and oxygen atoms in total. The van der Waals surface area contributed by atoms with Crippen LogP contribution in [0.1, 0.15) is 32.9 Å². The van der Waals surface area contributed by atoms with Gasteiger partial charge in [0.05, 0.1) is 5.52 Å². The van der Waals surface area contributed by atoms with E-state index in [9.17, 15) is 8.78 Å². The lowest BCUT2D eigenvalue weighted by Gasteiger charge is -2.20. The van der Waals surface area contributed by atoms with Crippen molar-refractivity contribution in [3.8, 4) is 0 Å². The Morgan fingerprint density at radius 3 is 2.56 bits per heavy atom. The summed E-state index contributed by atoms with van der Waals surface area (Å²) in [5.41, 5.74) is 1.61. The number of aromatic nitrogens is 1. The zero-order chi connectivity index (χ0) is 13.3. The van der Waals surface area contributed by atoms with Crippen molar-refractivity contribution in [3.05, 3.63) is 36.0 Å². The lowest BCUT2D eigenvalue weighted by Crippen LogP contribution is -2.35. The van der Waals surface area contributed by atoms with Gasteiger partial charge in [-0.15, -0.1) is 0 Å². The van der Waals surface area contributed by atoms with Gasteiger partial charge in [0.25, 0.3) is 0 Å². The maximum atomic E-state index is 12.8. The molecule has 0 saturated heterocycles. The molecule has 1 N–H and O–H groups in total. The van der Waals surface area contributed by atoms with Crippen LogP contribution in [0.3, 0.4) is 0 Å². The first-order valence-corrected chi connectivity index (χ1v) is 5.99. The monoisotopic (exact) mass is 252 g/mol. The number of fused-ring (bicyclic) bond motifs is 1. The molecule has 0 atom stereocenters. The third-order valence-electron chi connectivity index (χ3n) is 2.82. The molecular weight excluding hydrogens is 234 g/mol. The molecule has 4 heteroatoms. The van der Waals surface area contributed by atoms with Crippen LogP contribution < -0.4 is 5.32 Å². The molecule has 0 bridgehead atoms. The van der Waals surface area contributed by atoms with Crippen LogP contribution in [-0.4, -0.2) is 10.1 Å². The molecule has 0 unspecified atom stereocenters. The summed E-state index contributed by atoms with van der Waals surface area (Å²) in [6, 6.07) is 7.38. The summed E-state index contributed by atoms with van der Waals surface area (Å²) < 4.78 is 26.6. The highest BCUT2D eigenvalue weighted by atomic mass is 19.3. The minimum absolute atomic E-state index is 0.0136. The Morgan fingerprint density at radius 2 is 1.94 bits per heavy atom. The molecule has 0 amide bonds. The van der Waals surface area contributed by atoms with Gasteiger partial charge in [-0.05, 0) is 43.9 Å². The van der Waals surface area contributed by atoms with Crippen molar-refractivity contribution in [2.45, 2.75) is 39.4 Å². The van der Waals surface area contributed by atoms with Crippen LogP contribution in [0.4, 0.5) is 8.78 Å². The first kappa shape index (κ1) is 13.0. The standard InChI is InChI=1S/C14H18F2N2/c1-14(2,3)17-9-10-4-5-11-6-7-18(13(15)16)12(11)8-10/h4-8,13,17H,9H2,1-3H3. The fourth-order valence-electron chi connectivity index (χ4n) is 1.84. The average Bonchev–Trinajstić information content (AvgIpc) is 2.68. The number of nitrogens with zero attached hydrogens (tertiary/aromatic N) is 1. The number of halogens is 2. The summed E-state index contributed by atoms with van der Waals surface area (Å²) in [5.74, 6) is 0. The number of nitrogens with one attached hydrogen (secondary N) is 1. The molecule has 2 rings (SSSR count). The Bertz CT molecular complexity index is 538. The van der Waals surface area contributed by atoms with Crippen molar-refractivity contribution in [3.63, 3.8) is 0 Å². The zero-order valence-electron chi connectivity index (χ0n) is 10.9. The second-order valence-electron chi connectivity index (χ2n) is 5.50. The summed E-state index contributed by atoms with van der Waals surface area (Å²) in [6.45, 7) is 4.41.